The summed E-state index contributed by atoms with van der Waals surface area (Å²) in [5, 5.41) is 2.84. The number of para-hydroxylation sites is 2. The van der Waals surface area contributed by atoms with Gasteiger partial charge in [0.1, 0.15) is 6.54 Å². The Morgan fingerprint density at radius 2 is 2.18 bits per heavy atom. The fourth-order valence-electron chi connectivity index (χ4n) is 2.19. The number of hydrogen-bond donors (Lipinski definition) is 1. The van der Waals surface area contributed by atoms with Crippen molar-refractivity contribution in [2.75, 3.05) is 31.1 Å². The SMILES string of the molecule is CC(C)OCCCNC(=O)CN1CC(=O)Oc2ccccc21. The molecule has 1 aromatic rings. The van der Waals surface area contributed by atoms with Crippen LogP contribution in [-0.4, -0.2) is 44.2 Å². The van der Waals surface area contributed by atoms with E-state index < -0.39 is 0 Å². The van der Waals surface area contributed by atoms with Gasteiger partial charge in [-0.2, -0.15) is 0 Å². The molecule has 0 fully saturated rings. The highest BCUT2D eigenvalue weighted by atomic mass is 16.5. The molecule has 1 heterocycles. The Hall–Kier alpha value is -2.08. The summed E-state index contributed by atoms with van der Waals surface area (Å²) in [6, 6.07) is 7.21. The van der Waals surface area contributed by atoms with E-state index in [9.17, 15) is 9.59 Å². The highest BCUT2D eigenvalue weighted by Gasteiger charge is 2.24. The van der Waals surface area contributed by atoms with Crippen LogP contribution < -0.4 is 15.0 Å². The number of ether oxygens (including phenoxy) is 2. The van der Waals surface area contributed by atoms with Crippen LogP contribution in [-0.2, 0) is 14.3 Å². The van der Waals surface area contributed by atoms with Crippen LogP contribution in [0.5, 0.6) is 5.75 Å². The molecule has 1 aliphatic rings. The third-order valence-corrected chi connectivity index (χ3v) is 3.18. The molecule has 0 radical (unpaired) electrons. The molecule has 1 aromatic carbocycles. The van der Waals surface area contributed by atoms with Crippen molar-refractivity contribution in [1.82, 2.24) is 5.32 Å². The molecule has 0 atom stereocenters. The average Bonchev–Trinajstić information content (AvgIpc) is 2.46. The standard InChI is InChI=1S/C16H22N2O4/c1-12(2)21-9-5-8-17-15(19)10-18-11-16(20)22-14-7-4-3-6-13(14)18/h3-4,6-7,12H,5,8-11H2,1-2H3,(H,17,19). The van der Waals surface area contributed by atoms with E-state index in [0.717, 1.165) is 12.1 Å². The van der Waals surface area contributed by atoms with Gasteiger partial charge < -0.3 is 19.7 Å². The molecule has 0 spiro atoms. The minimum Gasteiger partial charge on any atom is -0.423 e. The number of fused-ring (bicyclic) bond motifs is 1. The number of nitrogens with one attached hydrogen (secondary N) is 1. The monoisotopic (exact) mass is 306 g/mol. The van der Waals surface area contributed by atoms with Crippen LogP contribution in [0.3, 0.4) is 0 Å². The van der Waals surface area contributed by atoms with Crippen LogP contribution in [0, 0.1) is 0 Å². The van der Waals surface area contributed by atoms with Crippen LogP contribution in [0.2, 0.25) is 0 Å². The molecule has 120 valence electrons. The molecule has 0 bridgehead atoms. The lowest BCUT2D eigenvalue weighted by Gasteiger charge is -2.29. The first-order valence-electron chi connectivity index (χ1n) is 7.49. The lowest BCUT2D eigenvalue weighted by atomic mass is 10.2. The topological polar surface area (TPSA) is 67.9 Å². The molecule has 0 aromatic heterocycles. The van der Waals surface area contributed by atoms with Gasteiger partial charge in [0, 0.05) is 13.2 Å². The van der Waals surface area contributed by atoms with E-state index in [0.29, 0.717) is 18.9 Å². The largest absolute Gasteiger partial charge is 0.423 e. The molecular weight excluding hydrogens is 284 g/mol. The maximum atomic E-state index is 12.0. The summed E-state index contributed by atoms with van der Waals surface area (Å²) in [4.78, 5) is 25.3. The van der Waals surface area contributed by atoms with Crippen molar-refractivity contribution in [3.63, 3.8) is 0 Å². The van der Waals surface area contributed by atoms with Crippen LogP contribution in [0.1, 0.15) is 20.3 Å². The van der Waals surface area contributed by atoms with Crippen LogP contribution in [0.15, 0.2) is 24.3 Å². The average molecular weight is 306 g/mol. The third kappa shape index (κ3) is 4.73. The molecule has 0 saturated carbocycles. The van der Waals surface area contributed by atoms with Gasteiger partial charge in [-0.1, -0.05) is 12.1 Å². The maximum Gasteiger partial charge on any atom is 0.331 e. The molecule has 1 N–H and O–H groups in total. The minimum atomic E-state index is -0.350. The van der Waals surface area contributed by atoms with Crippen LogP contribution in [0.4, 0.5) is 5.69 Å². The van der Waals surface area contributed by atoms with Gasteiger partial charge in [-0.15, -0.1) is 0 Å². The maximum absolute atomic E-state index is 12.0. The zero-order valence-electron chi connectivity index (χ0n) is 13.0. The highest BCUT2D eigenvalue weighted by molar-refractivity contribution is 5.89. The summed E-state index contributed by atoms with van der Waals surface area (Å²) in [7, 11) is 0. The second kappa shape index (κ2) is 7.79. The van der Waals surface area contributed by atoms with E-state index in [2.05, 4.69) is 5.32 Å². The summed E-state index contributed by atoms with van der Waals surface area (Å²) in [5.41, 5.74) is 0.764. The molecule has 22 heavy (non-hydrogen) atoms. The second-order valence-corrected chi connectivity index (χ2v) is 5.42. The molecule has 0 unspecified atom stereocenters. The number of nitrogens with zero attached hydrogens (tertiary/aromatic N) is 1. The highest BCUT2D eigenvalue weighted by Crippen LogP contribution is 2.30. The van der Waals surface area contributed by atoms with E-state index in [4.69, 9.17) is 9.47 Å². The summed E-state index contributed by atoms with van der Waals surface area (Å²) in [5.74, 6) is 0.0303. The quantitative estimate of drug-likeness (QED) is 0.468. The molecule has 0 aliphatic carbocycles. The predicted octanol–water partition coefficient (Wildman–Crippen LogP) is 1.34. The first-order chi connectivity index (χ1) is 10.6. The van der Waals surface area contributed by atoms with Crippen molar-refractivity contribution in [2.45, 2.75) is 26.4 Å². The first kappa shape index (κ1) is 16.3. The molecule has 6 nitrogen and oxygen atoms in total. The predicted molar refractivity (Wildman–Crippen MR) is 83.0 cm³/mol. The number of amides is 1. The van der Waals surface area contributed by atoms with E-state index >= 15 is 0 Å². The molecule has 1 aliphatic heterocycles. The van der Waals surface area contributed by atoms with E-state index in [1.54, 1.807) is 17.0 Å². The van der Waals surface area contributed by atoms with Crippen molar-refractivity contribution >= 4 is 17.6 Å². The molecule has 2 rings (SSSR count). The van der Waals surface area contributed by atoms with Gasteiger partial charge in [-0.3, -0.25) is 4.79 Å². The Bertz CT molecular complexity index is 531. The van der Waals surface area contributed by atoms with E-state index in [1.165, 1.54) is 0 Å². The minimum absolute atomic E-state index is 0.0842. The summed E-state index contributed by atoms with van der Waals surface area (Å²) < 4.78 is 10.6. The van der Waals surface area contributed by atoms with Gasteiger partial charge in [-0.25, -0.2) is 4.79 Å². The number of anilines is 1. The normalized spacial score (nSPS) is 13.8. The molecule has 0 saturated heterocycles. The first-order valence-corrected chi connectivity index (χ1v) is 7.49. The summed E-state index contributed by atoms with van der Waals surface area (Å²) in [6.45, 7) is 5.36. The third-order valence-electron chi connectivity index (χ3n) is 3.18. The Morgan fingerprint density at radius 3 is 2.95 bits per heavy atom. The summed E-state index contributed by atoms with van der Waals surface area (Å²) >= 11 is 0. The van der Waals surface area contributed by atoms with Crippen LogP contribution >= 0.6 is 0 Å². The smallest absolute Gasteiger partial charge is 0.331 e. The van der Waals surface area contributed by atoms with Crippen molar-refractivity contribution in [1.29, 1.82) is 0 Å². The number of esters is 1. The van der Waals surface area contributed by atoms with Crippen LogP contribution in [0.25, 0.3) is 0 Å². The zero-order chi connectivity index (χ0) is 15.9. The van der Waals surface area contributed by atoms with E-state index in [1.807, 2.05) is 26.0 Å². The van der Waals surface area contributed by atoms with Gasteiger partial charge in [0.05, 0.1) is 18.3 Å². The number of benzene rings is 1. The molecular formula is C16H22N2O4. The van der Waals surface area contributed by atoms with Gasteiger partial charge in [0.2, 0.25) is 5.91 Å². The van der Waals surface area contributed by atoms with E-state index in [-0.39, 0.29) is 31.1 Å². The Labute approximate surface area is 130 Å². The van der Waals surface area contributed by atoms with Crippen molar-refractivity contribution in [3.8, 4) is 5.75 Å². The number of hydrogen-bond acceptors (Lipinski definition) is 5. The fourth-order valence-corrected chi connectivity index (χ4v) is 2.19. The Morgan fingerprint density at radius 1 is 1.41 bits per heavy atom. The Kier molecular flexibility index (Phi) is 5.77. The zero-order valence-corrected chi connectivity index (χ0v) is 13.0. The van der Waals surface area contributed by atoms with Crippen molar-refractivity contribution < 1.29 is 19.1 Å². The van der Waals surface area contributed by atoms with Gasteiger partial charge >= 0.3 is 5.97 Å². The van der Waals surface area contributed by atoms with Gasteiger partial charge in [0.15, 0.2) is 5.75 Å². The van der Waals surface area contributed by atoms with Crippen molar-refractivity contribution in [3.05, 3.63) is 24.3 Å². The lowest BCUT2D eigenvalue weighted by Crippen LogP contribution is -2.43. The number of rotatable bonds is 7. The number of carbonyl (C=O) groups excluding carboxylic acids is 2. The van der Waals surface area contributed by atoms with Crippen molar-refractivity contribution in [2.24, 2.45) is 0 Å². The van der Waals surface area contributed by atoms with Gasteiger partial charge in [-0.05, 0) is 32.4 Å². The number of carbonyl (C=O) groups is 2. The summed E-state index contributed by atoms with van der Waals surface area (Å²) in [6.07, 6.45) is 0.967. The second-order valence-electron chi connectivity index (χ2n) is 5.42. The fraction of sp³-hybridized carbons (Fsp3) is 0.500. The Balaban J connectivity index is 1.80. The molecule has 6 heteroatoms. The lowest BCUT2D eigenvalue weighted by molar-refractivity contribution is -0.133. The van der Waals surface area contributed by atoms with Gasteiger partial charge in [0.25, 0.3) is 0 Å². The molecule has 1 amide bonds.